The number of methoxy groups -OCH3 is 1. The van der Waals surface area contributed by atoms with E-state index in [2.05, 4.69) is 10.6 Å². The minimum absolute atomic E-state index is 0.236. The molecule has 126 valence electrons. The van der Waals surface area contributed by atoms with Gasteiger partial charge in [0.2, 0.25) is 0 Å². The molecule has 2 aromatic carbocycles. The van der Waals surface area contributed by atoms with Gasteiger partial charge in [0.05, 0.1) is 7.11 Å². The summed E-state index contributed by atoms with van der Waals surface area (Å²) in [5.41, 5.74) is 2.31. The van der Waals surface area contributed by atoms with E-state index >= 15 is 0 Å². The Bertz CT molecular complexity index is 878. The number of rotatable bonds is 4. The second kappa shape index (κ2) is 7.92. The van der Waals surface area contributed by atoms with Crippen molar-refractivity contribution in [2.45, 2.75) is 0 Å². The fourth-order valence-electron chi connectivity index (χ4n) is 2.33. The second-order valence-corrected chi connectivity index (χ2v) is 6.52. The van der Waals surface area contributed by atoms with Gasteiger partial charge in [-0.15, -0.1) is 11.3 Å². The Balaban J connectivity index is 1.70. The number of carbonyl (C=O) groups is 1. The van der Waals surface area contributed by atoms with Crippen molar-refractivity contribution in [3.8, 4) is 16.2 Å². The first kappa shape index (κ1) is 17.1. The lowest BCUT2D eigenvalue weighted by Crippen LogP contribution is -2.34. The maximum atomic E-state index is 12.1. The summed E-state index contributed by atoms with van der Waals surface area (Å²) in [5, 5.41) is 7.94. The van der Waals surface area contributed by atoms with Crippen molar-refractivity contribution in [1.82, 2.24) is 5.32 Å². The monoisotopic (exact) mass is 368 g/mol. The highest BCUT2D eigenvalue weighted by Crippen LogP contribution is 2.35. The Hall–Kier alpha value is -2.70. The summed E-state index contributed by atoms with van der Waals surface area (Å²) >= 11 is 6.87. The van der Waals surface area contributed by atoms with Crippen LogP contribution in [0.15, 0.2) is 66.0 Å². The molecule has 0 bridgehead atoms. The van der Waals surface area contributed by atoms with Gasteiger partial charge in [-0.3, -0.25) is 10.1 Å². The zero-order valence-electron chi connectivity index (χ0n) is 13.5. The van der Waals surface area contributed by atoms with E-state index in [0.717, 1.165) is 21.9 Å². The molecule has 2 N–H and O–H groups in total. The number of hydrogen-bond donors (Lipinski definition) is 2. The van der Waals surface area contributed by atoms with Crippen LogP contribution in [0.3, 0.4) is 0 Å². The molecular weight excluding hydrogens is 352 g/mol. The standard InChI is InChI=1S/C19H16N2O2S2/c1-23-16-12-14(9-10-15(16)17-8-5-11-25-17)20-19(24)21-18(22)13-6-3-2-4-7-13/h2-12H,1H3,(H2,20,21,22,24). The summed E-state index contributed by atoms with van der Waals surface area (Å²) < 4.78 is 5.48. The van der Waals surface area contributed by atoms with E-state index in [0.29, 0.717) is 5.56 Å². The van der Waals surface area contributed by atoms with Crippen LogP contribution in [-0.2, 0) is 0 Å². The average molecular weight is 368 g/mol. The first-order valence-corrected chi connectivity index (χ1v) is 8.85. The molecule has 0 spiro atoms. The van der Waals surface area contributed by atoms with E-state index in [4.69, 9.17) is 17.0 Å². The van der Waals surface area contributed by atoms with Crippen LogP contribution in [0, 0.1) is 0 Å². The molecule has 0 unspecified atom stereocenters. The van der Waals surface area contributed by atoms with E-state index < -0.39 is 0 Å². The molecule has 0 radical (unpaired) electrons. The van der Waals surface area contributed by atoms with Crippen LogP contribution in [0.4, 0.5) is 5.69 Å². The number of hydrogen-bond acceptors (Lipinski definition) is 4. The molecule has 25 heavy (non-hydrogen) atoms. The number of amides is 1. The summed E-state index contributed by atoms with van der Waals surface area (Å²) in [6.45, 7) is 0. The van der Waals surface area contributed by atoms with Crippen molar-refractivity contribution >= 4 is 40.3 Å². The Kier molecular flexibility index (Phi) is 5.42. The van der Waals surface area contributed by atoms with Crippen molar-refractivity contribution in [2.24, 2.45) is 0 Å². The molecule has 6 heteroatoms. The molecule has 0 aliphatic carbocycles. The third-order valence-electron chi connectivity index (χ3n) is 3.51. The first-order chi connectivity index (χ1) is 12.2. The highest BCUT2D eigenvalue weighted by atomic mass is 32.1. The van der Waals surface area contributed by atoms with Crippen molar-refractivity contribution in [3.05, 3.63) is 71.6 Å². The maximum Gasteiger partial charge on any atom is 0.257 e. The van der Waals surface area contributed by atoms with Crippen LogP contribution in [0.25, 0.3) is 10.4 Å². The van der Waals surface area contributed by atoms with E-state index in [1.54, 1.807) is 42.7 Å². The third kappa shape index (κ3) is 4.23. The molecule has 1 aromatic heterocycles. The van der Waals surface area contributed by atoms with Crippen molar-refractivity contribution < 1.29 is 9.53 Å². The zero-order chi connectivity index (χ0) is 17.6. The topological polar surface area (TPSA) is 50.4 Å². The molecule has 3 rings (SSSR count). The zero-order valence-corrected chi connectivity index (χ0v) is 15.1. The van der Waals surface area contributed by atoms with Crippen LogP contribution in [0.1, 0.15) is 10.4 Å². The molecule has 0 saturated carbocycles. The number of thiocarbonyl (C=S) groups is 1. The summed E-state index contributed by atoms with van der Waals surface area (Å²) in [4.78, 5) is 13.2. The summed E-state index contributed by atoms with van der Waals surface area (Å²) in [6.07, 6.45) is 0. The van der Waals surface area contributed by atoms with Gasteiger partial charge < -0.3 is 10.1 Å². The minimum Gasteiger partial charge on any atom is -0.496 e. The number of carbonyl (C=O) groups excluding carboxylic acids is 1. The van der Waals surface area contributed by atoms with E-state index in [1.807, 2.05) is 41.8 Å². The lowest BCUT2D eigenvalue weighted by Gasteiger charge is -2.13. The lowest BCUT2D eigenvalue weighted by molar-refractivity contribution is 0.0977. The Morgan fingerprint density at radius 3 is 2.56 bits per heavy atom. The van der Waals surface area contributed by atoms with Crippen LogP contribution in [0.5, 0.6) is 5.75 Å². The van der Waals surface area contributed by atoms with Gasteiger partial charge in [0.1, 0.15) is 5.75 Å². The fraction of sp³-hybridized carbons (Fsp3) is 0.0526. The number of anilines is 1. The number of nitrogens with one attached hydrogen (secondary N) is 2. The van der Waals surface area contributed by atoms with Crippen LogP contribution in [-0.4, -0.2) is 18.1 Å². The molecule has 0 atom stereocenters. The van der Waals surface area contributed by atoms with Crippen molar-refractivity contribution in [3.63, 3.8) is 0 Å². The molecule has 0 aliphatic rings. The van der Waals surface area contributed by atoms with Gasteiger partial charge >= 0.3 is 0 Å². The van der Waals surface area contributed by atoms with Gasteiger partial charge in [-0.25, -0.2) is 0 Å². The Labute approximate surface area is 155 Å². The Morgan fingerprint density at radius 1 is 1.08 bits per heavy atom. The highest BCUT2D eigenvalue weighted by molar-refractivity contribution is 7.80. The normalized spacial score (nSPS) is 10.1. The van der Waals surface area contributed by atoms with Gasteiger partial charge in [0.25, 0.3) is 5.91 Å². The number of thiophene rings is 1. The first-order valence-electron chi connectivity index (χ1n) is 7.56. The van der Waals surface area contributed by atoms with E-state index in [-0.39, 0.29) is 11.0 Å². The second-order valence-electron chi connectivity index (χ2n) is 5.17. The number of ether oxygens (including phenoxy) is 1. The quantitative estimate of drug-likeness (QED) is 0.663. The van der Waals surface area contributed by atoms with Gasteiger partial charge in [-0.2, -0.15) is 0 Å². The maximum absolute atomic E-state index is 12.1. The van der Waals surface area contributed by atoms with E-state index in [1.165, 1.54) is 0 Å². The lowest BCUT2D eigenvalue weighted by atomic mass is 10.1. The highest BCUT2D eigenvalue weighted by Gasteiger charge is 2.10. The summed E-state index contributed by atoms with van der Waals surface area (Å²) in [7, 11) is 1.63. The molecule has 0 aliphatic heterocycles. The molecule has 4 nitrogen and oxygen atoms in total. The van der Waals surface area contributed by atoms with Crippen LogP contribution < -0.4 is 15.4 Å². The molecule has 3 aromatic rings. The van der Waals surface area contributed by atoms with Gasteiger partial charge in [0, 0.05) is 27.8 Å². The van der Waals surface area contributed by atoms with Crippen molar-refractivity contribution in [1.29, 1.82) is 0 Å². The number of benzene rings is 2. The molecule has 0 saturated heterocycles. The predicted octanol–water partition coefficient (Wildman–Crippen LogP) is 4.55. The summed E-state index contributed by atoms with van der Waals surface area (Å²) in [6, 6.07) is 18.7. The average Bonchev–Trinajstić information content (AvgIpc) is 3.16. The minimum atomic E-state index is -0.250. The largest absolute Gasteiger partial charge is 0.496 e. The smallest absolute Gasteiger partial charge is 0.257 e. The van der Waals surface area contributed by atoms with E-state index in [9.17, 15) is 4.79 Å². The van der Waals surface area contributed by atoms with Gasteiger partial charge in [-0.05, 0) is 47.9 Å². The van der Waals surface area contributed by atoms with Crippen molar-refractivity contribution in [2.75, 3.05) is 12.4 Å². The molecular formula is C19H16N2O2S2. The third-order valence-corrected chi connectivity index (χ3v) is 4.62. The SMILES string of the molecule is COc1cc(NC(=S)NC(=O)c2ccccc2)ccc1-c1cccs1. The van der Waals surface area contributed by atoms with Gasteiger partial charge in [0.15, 0.2) is 5.11 Å². The fourth-order valence-corrected chi connectivity index (χ4v) is 3.30. The molecule has 1 amide bonds. The Morgan fingerprint density at radius 2 is 1.88 bits per heavy atom. The van der Waals surface area contributed by atoms with Gasteiger partial charge in [-0.1, -0.05) is 24.3 Å². The van der Waals surface area contributed by atoms with Crippen LogP contribution in [0.2, 0.25) is 0 Å². The predicted molar refractivity (Wildman–Crippen MR) is 106 cm³/mol. The van der Waals surface area contributed by atoms with Crippen LogP contribution >= 0.6 is 23.6 Å². The molecule has 0 fully saturated rings. The molecule has 1 heterocycles. The summed E-state index contributed by atoms with van der Waals surface area (Å²) in [5.74, 6) is 0.491.